The van der Waals surface area contributed by atoms with E-state index < -0.39 is 18.6 Å². The van der Waals surface area contributed by atoms with Gasteiger partial charge in [-0.1, -0.05) is 6.07 Å². The lowest BCUT2D eigenvalue weighted by Gasteiger charge is -2.13. The molecule has 3 aromatic rings. The second kappa shape index (κ2) is 5.70. The fraction of sp³-hybridized carbons (Fsp3) is 0.188. The SMILES string of the molecule is Cn1nc(N)c2ccc(-c3cc(F)ccc3OCC(F)(F)F)cc21. The predicted octanol–water partition coefficient (Wildman–Crippen LogP) is 3.90. The zero-order valence-corrected chi connectivity index (χ0v) is 12.6. The molecule has 0 aliphatic rings. The fourth-order valence-corrected chi connectivity index (χ4v) is 2.47. The van der Waals surface area contributed by atoms with E-state index in [1.54, 1.807) is 29.9 Å². The minimum atomic E-state index is -4.48. The second-order valence-corrected chi connectivity index (χ2v) is 5.29. The van der Waals surface area contributed by atoms with Crippen LogP contribution in [0.5, 0.6) is 5.75 Å². The van der Waals surface area contributed by atoms with Gasteiger partial charge in [-0.15, -0.1) is 0 Å². The van der Waals surface area contributed by atoms with Crippen molar-refractivity contribution in [2.45, 2.75) is 6.18 Å². The van der Waals surface area contributed by atoms with Gasteiger partial charge in [0.15, 0.2) is 12.4 Å². The van der Waals surface area contributed by atoms with Crippen LogP contribution in [-0.2, 0) is 7.05 Å². The summed E-state index contributed by atoms with van der Waals surface area (Å²) in [5, 5.41) is 4.78. The van der Waals surface area contributed by atoms with Gasteiger partial charge in [-0.05, 0) is 35.9 Å². The Balaban J connectivity index is 2.07. The molecule has 0 amide bonds. The highest BCUT2D eigenvalue weighted by atomic mass is 19.4. The summed E-state index contributed by atoms with van der Waals surface area (Å²) in [6, 6.07) is 8.36. The van der Waals surface area contributed by atoms with Crippen molar-refractivity contribution in [2.75, 3.05) is 12.3 Å². The van der Waals surface area contributed by atoms with Crippen LogP contribution in [0.2, 0.25) is 0 Å². The Hall–Kier alpha value is -2.77. The number of nitrogens with zero attached hydrogens (tertiary/aromatic N) is 2. The zero-order valence-electron chi connectivity index (χ0n) is 12.6. The Bertz CT molecular complexity index is 902. The highest BCUT2D eigenvalue weighted by Gasteiger charge is 2.29. The minimum Gasteiger partial charge on any atom is -0.483 e. The third-order valence-electron chi connectivity index (χ3n) is 3.52. The number of hydrogen-bond donors (Lipinski definition) is 1. The first-order valence-electron chi connectivity index (χ1n) is 6.96. The van der Waals surface area contributed by atoms with Gasteiger partial charge in [0.25, 0.3) is 0 Å². The molecule has 0 saturated heterocycles. The Labute approximate surface area is 134 Å². The van der Waals surface area contributed by atoms with Crippen LogP contribution in [0.15, 0.2) is 36.4 Å². The maximum atomic E-state index is 13.6. The Morgan fingerprint density at radius 2 is 1.92 bits per heavy atom. The van der Waals surface area contributed by atoms with Gasteiger partial charge in [-0.3, -0.25) is 4.68 Å². The molecule has 0 spiro atoms. The number of aryl methyl sites for hydroxylation is 1. The molecule has 4 nitrogen and oxygen atoms in total. The normalized spacial score (nSPS) is 11.9. The number of anilines is 1. The van der Waals surface area contributed by atoms with E-state index in [0.29, 0.717) is 22.3 Å². The largest absolute Gasteiger partial charge is 0.483 e. The minimum absolute atomic E-state index is 0.0526. The summed E-state index contributed by atoms with van der Waals surface area (Å²) < 4.78 is 57.1. The van der Waals surface area contributed by atoms with Gasteiger partial charge in [0.2, 0.25) is 0 Å². The summed E-state index contributed by atoms with van der Waals surface area (Å²) >= 11 is 0. The third-order valence-corrected chi connectivity index (χ3v) is 3.52. The number of nitrogens with two attached hydrogens (primary N) is 1. The Morgan fingerprint density at radius 1 is 1.17 bits per heavy atom. The van der Waals surface area contributed by atoms with E-state index in [1.807, 2.05) is 0 Å². The van der Waals surface area contributed by atoms with Gasteiger partial charge in [0, 0.05) is 18.0 Å². The van der Waals surface area contributed by atoms with Crippen molar-refractivity contribution in [3.8, 4) is 16.9 Å². The quantitative estimate of drug-likeness (QED) is 0.736. The molecule has 2 aromatic carbocycles. The average molecular weight is 339 g/mol. The lowest BCUT2D eigenvalue weighted by molar-refractivity contribution is -0.153. The number of aromatic nitrogens is 2. The molecule has 1 heterocycles. The van der Waals surface area contributed by atoms with Gasteiger partial charge >= 0.3 is 6.18 Å². The van der Waals surface area contributed by atoms with Crippen molar-refractivity contribution in [1.29, 1.82) is 0 Å². The second-order valence-electron chi connectivity index (χ2n) is 5.29. The van der Waals surface area contributed by atoms with E-state index in [9.17, 15) is 17.6 Å². The van der Waals surface area contributed by atoms with Crippen LogP contribution >= 0.6 is 0 Å². The molecule has 3 rings (SSSR count). The molecule has 0 radical (unpaired) electrons. The molecule has 2 N–H and O–H groups in total. The van der Waals surface area contributed by atoms with Gasteiger partial charge in [0.05, 0.1) is 5.52 Å². The van der Waals surface area contributed by atoms with Crippen LogP contribution < -0.4 is 10.5 Å². The zero-order chi connectivity index (χ0) is 17.5. The lowest BCUT2D eigenvalue weighted by atomic mass is 10.0. The molecule has 1 aromatic heterocycles. The van der Waals surface area contributed by atoms with Crippen molar-refractivity contribution in [2.24, 2.45) is 7.05 Å². The first kappa shape index (κ1) is 16.1. The molecule has 24 heavy (non-hydrogen) atoms. The van der Waals surface area contributed by atoms with Gasteiger partial charge < -0.3 is 10.5 Å². The fourth-order valence-electron chi connectivity index (χ4n) is 2.47. The summed E-state index contributed by atoms with van der Waals surface area (Å²) in [7, 11) is 1.69. The first-order chi connectivity index (χ1) is 11.2. The Kier molecular flexibility index (Phi) is 3.82. The molecule has 0 bridgehead atoms. The lowest BCUT2D eigenvalue weighted by Crippen LogP contribution is -2.19. The van der Waals surface area contributed by atoms with E-state index in [-0.39, 0.29) is 11.3 Å². The maximum Gasteiger partial charge on any atom is 0.422 e. The van der Waals surface area contributed by atoms with E-state index in [0.717, 1.165) is 12.1 Å². The van der Waals surface area contributed by atoms with Crippen LogP contribution in [-0.4, -0.2) is 22.6 Å². The maximum absolute atomic E-state index is 13.6. The molecule has 0 aliphatic heterocycles. The molecule has 0 saturated carbocycles. The summed E-state index contributed by atoms with van der Waals surface area (Å²) in [4.78, 5) is 0. The summed E-state index contributed by atoms with van der Waals surface area (Å²) in [5.74, 6) is -0.288. The monoisotopic (exact) mass is 339 g/mol. The third kappa shape index (κ3) is 3.12. The highest BCUT2D eigenvalue weighted by Crippen LogP contribution is 2.34. The molecule has 0 aliphatic carbocycles. The standard InChI is InChI=1S/C16H13F4N3O/c1-23-13-6-9(2-4-11(13)15(21)22-23)12-7-10(17)3-5-14(12)24-8-16(18,19)20/h2-7H,8H2,1H3,(H2,21,22). The summed E-state index contributed by atoms with van der Waals surface area (Å²) in [6.45, 7) is -1.45. The van der Waals surface area contributed by atoms with Crippen LogP contribution in [0, 0.1) is 5.82 Å². The smallest absolute Gasteiger partial charge is 0.422 e. The molecule has 0 unspecified atom stereocenters. The van der Waals surface area contributed by atoms with Gasteiger partial charge in [-0.2, -0.15) is 18.3 Å². The highest BCUT2D eigenvalue weighted by molar-refractivity contribution is 5.92. The van der Waals surface area contributed by atoms with Crippen LogP contribution in [0.25, 0.3) is 22.0 Å². The van der Waals surface area contributed by atoms with E-state index in [1.165, 1.54) is 6.07 Å². The van der Waals surface area contributed by atoms with Crippen LogP contribution in [0.1, 0.15) is 0 Å². The van der Waals surface area contributed by atoms with E-state index >= 15 is 0 Å². The molecular formula is C16H13F4N3O. The average Bonchev–Trinajstić information content (AvgIpc) is 2.79. The number of rotatable bonds is 3. The van der Waals surface area contributed by atoms with Crippen LogP contribution in [0.4, 0.5) is 23.4 Å². The molecule has 0 atom stereocenters. The molecule has 8 heteroatoms. The van der Waals surface area contributed by atoms with Crippen molar-refractivity contribution in [3.05, 3.63) is 42.2 Å². The first-order valence-corrected chi connectivity index (χ1v) is 6.96. The van der Waals surface area contributed by atoms with Gasteiger partial charge in [-0.25, -0.2) is 4.39 Å². The number of ether oxygens (including phenoxy) is 1. The summed E-state index contributed by atoms with van der Waals surface area (Å²) in [6.07, 6.45) is -4.48. The number of hydrogen-bond acceptors (Lipinski definition) is 3. The summed E-state index contributed by atoms with van der Waals surface area (Å²) in [5.41, 5.74) is 7.18. The van der Waals surface area contributed by atoms with E-state index in [2.05, 4.69) is 5.10 Å². The van der Waals surface area contributed by atoms with Crippen molar-refractivity contribution in [3.63, 3.8) is 0 Å². The molecular weight excluding hydrogens is 326 g/mol. The number of alkyl halides is 3. The van der Waals surface area contributed by atoms with Gasteiger partial charge in [0.1, 0.15) is 11.6 Å². The van der Waals surface area contributed by atoms with Crippen LogP contribution in [0.3, 0.4) is 0 Å². The number of nitrogen functional groups attached to an aromatic ring is 1. The molecule has 0 fully saturated rings. The number of halogens is 4. The number of benzene rings is 2. The number of fused-ring (bicyclic) bond motifs is 1. The van der Waals surface area contributed by atoms with Crippen molar-refractivity contribution < 1.29 is 22.3 Å². The Morgan fingerprint density at radius 3 is 2.62 bits per heavy atom. The molecule has 126 valence electrons. The van der Waals surface area contributed by atoms with Crippen molar-refractivity contribution in [1.82, 2.24) is 9.78 Å². The topological polar surface area (TPSA) is 53.1 Å². The van der Waals surface area contributed by atoms with Crippen molar-refractivity contribution >= 4 is 16.7 Å². The predicted molar refractivity (Wildman–Crippen MR) is 82.1 cm³/mol. The van der Waals surface area contributed by atoms with E-state index in [4.69, 9.17) is 10.5 Å².